The number of rotatable bonds is 4. The number of unbranched alkanes of at least 4 members (excludes halogenated alkanes) is 1. The second-order valence-corrected chi connectivity index (χ2v) is 2.21. The molecule has 64 valence electrons. The lowest BCUT2D eigenvalue weighted by molar-refractivity contribution is 0.718. The fourth-order valence-corrected chi connectivity index (χ4v) is 0.250. The second-order valence-electron chi connectivity index (χ2n) is 2.21. The maximum absolute atomic E-state index is 3.01. The highest BCUT2D eigenvalue weighted by Crippen LogP contribution is 1.76. The van der Waals surface area contributed by atoms with Crippen molar-refractivity contribution in [2.75, 3.05) is 27.2 Å². The van der Waals surface area contributed by atoms with Crippen LogP contribution < -0.4 is 10.6 Å². The van der Waals surface area contributed by atoms with E-state index in [1.165, 1.54) is 12.8 Å². The van der Waals surface area contributed by atoms with E-state index in [4.69, 9.17) is 0 Å². The molecule has 2 heteroatoms. The molecule has 0 rings (SSSR count). The molecule has 0 atom stereocenters. The molecule has 0 radical (unpaired) electrons. The second kappa shape index (κ2) is 16.0. The van der Waals surface area contributed by atoms with E-state index in [1.807, 2.05) is 14.1 Å². The Balaban J connectivity index is 0. The Hall–Kier alpha value is -0.0800. The van der Waals surface area contributed by atoms with Crippen LogP contribution in [0.25, 0.3) is 0 Å². The van der Waals surface area contributed by atoms with E-state index in [0.717, 1.165) is 13.1 Å². The molecule has 0 spiro atoms. The van der Waals surface area contributed by atoms with Crippen LogP contribution in [0.1, 0.15) is 26.7 Å². The molecule has 0 aromatic rings. The van der Waals surface area contributed by atoms with Gasteiger partial charge in [0.1, 0.15) is 0 Å². The van der Waals surface area contributed by atoms with Crippen LogP contribution >= 0.6 is 0 Å². The molecule has 0 fully saturated rings. The molecule has 2 nitrogen and oxygen atoms in total. The average Bonchev–Trinajstić information content (AvgIpc) is 2.01. The molecule has 0 aliphatic carbocycles. The Morgan fingerprint density at radius 3 is 1.20 bits per heavy atom. The van der Waals surface area contributed by atoms with Crippen LogP contribution in [0.3, 0.4) is 0 Å². The van der Waals surface area contributed by atoms with E-state index >= 15 is 0 Å². The van der Waals surface area contributed by atoms with E-state index in [-0.39, 0.29) is 0 Å². The number of nitrogens with one attached hydrogen (secondary N) is 2. The number of likely N-dealkylation sites (N-methyl/N-ethyl adjacent to an activating group) is 2. The van der Waals surface area contributed by atoms with Crippen molar-refractivity contribution < 1.29 is 0 Å². The van der Waals surface area contributed by atoms with Crippen LogP contribution in [0.5, 0.6) is 0 Å². The molecule has 0 saturated heterocycles. The Morgan fingerprint density at radius 2 is 1.10 bits per heavy atom. The molecule has 0 amide bonds. The summed E-state index contributed by atoms with van der Waals surface area (Å²) in [7, 11) is 3.88. The van der Waals surface area contributed by atoms with Crippen LogP contribution in [-0.4, -0.2) is 27.2 Å². The van der Waals surface area contributed by atoms with Gasteiger partial charge in [-0.25, -0.2) is 0 Å². The maximum Gasteiger partial charge on any atom is 0.00736 e. The van der Waals surface area contributed by atoms with Gasteiger partial charge in [0.2, 0.25) is 0 Å². The number of hydrogen-bond donors (Lipinski definition) is 2. The predicted molar refractivity (Wildman–Crippen MR) is 48.4 cm³/mol. The monoisotopic (exact) mass is 146 g/mol. The highest BCUT2D eigenvalue weighted by molar-refractivity contribution is 4.38. The minimum atomic E-state index is 1.05. The summed E-state index contributed by atoms with van der Waals surface area (Å²) in [5.74, 6) is 0. The van der Waals surface area contributed by atoms with Crippen molar-refractivity contribution in [2.45, 2.75) is 26.7 Å². The number of hydrogen-bond acceptors (Lipinski definition) is 2. The molecule has 0 aromatic carbocycles. The molecule has 0 aliphatic heterocycles. The molecule has 0 aromatic heterocycles. The molecule has 10 heavy (non-hydrogen) atoms. The summed E-state index contributed by atoms with van der Waals surface area (Å²) in [6, 6.07) is 0. The third kappa shape index (κ3) is 24.7. The van der Waals surface area contributed by atoms with Gasteiger partial charge < -0.3 is 10.6 Å². The zero-order valence-electron chi connectivity index (χ0n) is 7.83. The zero-order valence-corrected chi connectivity index (χ0v) is 7.83. The minimum Gasteiger partial charge on any atom is -0.318 e. The van der Waals surface area contributed by atoms with Gasteiger partial charge in [0, 0.05) is 13.1 Å². The first-order valence-corrected chi connectivity index (χ1v) is 4.12. The third-order valence-corrected chi connectivity index (χ3v) is 1.12. The van der Waals surface area contributed by atoms with Crippen molar-refractivity contribution in [1.29, 1.82) is 0 Å². The molecule has 0 bridgehead atoms. The predicted octanol–water partition coefficient (Wildman–Crippen LogP) is 1.23. The first kappa shape index (κ1) is 12.6. The maximum atomic E-state index is 3.01. The van der Waals surface area contributed by atoms with Crippen molar-refractivity contribution in [3.05, 3.63) is 0 Å². The average molecular weight is 146 g/mol. The summed E-state index contributed by atoms with van der Waals surface area (Å²) in [5, 5.41) is 6.01. The van der Waals surface area contributed by atoms with Crippen LogP contribution in [0, 0.1) is 0 Å². The lowest BCUT2D eigenvalue weighted by Crippen LogP contribution is -2.21. The summed E-state index contributed by atoms with van der Waals surface area (Å²) < 4.78 is 0. The fraction of sp³-hybridized carbons (Fsp3) is 1.00. The van der Waals surface area contributed by atoms with Crippen molar-refractivity contribution in [3.8, 4) is 0 Å². The van der Waals surface area contributed by atoms with Crippen LogP contribution in [0.4, 0.5) is 0 Å². The van der Waals surface area contributed by atoms with Crippen molar-refractivity contribution in [3.63, 3.8) is 0 Å². The Kier molecular flexibility index (Phi) is 20.1. The van der Waals surface area contributed by atoms with Gasteiger partial charge in [-0.3, -0.25) is 0 Å². The van der Waals surface area contributed by atoms with Gasteiger partial charge in [-0.05, 0) is 14.1 Å². The molecule has 0 saturated carbocycles. The van der Waals surface area contributed by atoms with E-state index in [1.54, 1.807) is 0 Å². The normalized spacial score (nSPS) is 8.40. The van der Waals surface area contributed by atoms with Gasteiger partial charge in [-0.1, -0.05) is 26.7 Å². The van der Waals surface area contributed by atoms with Gasteiger partial charge in [-0.2, -0.15) is 0 Å². The minimum absolute atomic E-state index is 1.05. The first-order valence-electron chi connectivity index (χ1n) is 4.12. The van der Waals surface area contributed by atoms with Crippen molar-refractivity contribution in [2.24, 2.45) is 0 Å². The molecule has 0 heterocycles. The SMILES string of the molecule is CCCC.CNCCNC. The van der Waals surface area contributed by atoms with Gasteiger partial charge in [-0.15, -0.1) is 0 Å². The summed E-state index contributed by atoms with van der Waals surface area (Å²) in [6.07, 6.45) is 2.64. The molecule has 0 aliphatic rings. The largest absolute Gasteiger partial charge is 0.318 e. The lowest BCUT2D eigenvalue weighted by Gasteiger charge is -1.92. The highest BCUT2D eigenvalue weighted by Gasteiger charge is 1.71. The fourth-order valence-electron chi connectivity index (χ4n) is 0.250. The van der Waals surface area contributed by atoms with Crippen LogP contribution in [0.2, 0.25) is 0 Å². The Bertz CT molecular complexity index is 32.2. The van der Waals surface area contributed by atoms with Gasteiger partial charge in [0.15, 0.2) is 0 Å². The van der Waals surface area contributed by atoms with Gasteiger partial charge >= 0.3 is 0 Å². The zero-order chi connectivity index (χ0) is 8.24. The van der Waals surface area contributed by atoms with E-state index in [2.05, 4.69) is 24.5 Å². The summed E-state index contributed by atoms with van der Waals surface area (Å²) in [4.78, 5) is 0. The Morgan fingerprint density at radius 1 is 0.800 bits per heavy atom. The highest BCUT2D eigenvalue weighted by atomic mass is 14.9. The summed E-state index contributed by atoms with van der Waals surface area (Å²) in [5.41, 5.74) is 0. The summed E-state index contributed by atoms with van der Waals surface area (Å²) in [6.45, 7) is 6.47. The molecule has 2 N–H and O–H groups in total. The van der Waals surface area contributed by atoms with Crippen molar-refractivity contribution in [1.82, 2.24) is 10.6 Å². The van der Waals surface area contributed by atoms with E-state index < -0.39 is 0 Å². The topological polar surface area (TPSA) is 24.1 Å². The van der Waals surface area contributed by atoms with Gasteiger partial charge in [0.05, 0.1) is 0 Å². The van der Waals surface area contributed by atoms with Crippen LogP contribution in [0.15, 0.2) is 0 Å². The smallest absolute Gasteiger partial charge is 0.00736 e. The Labute approximate surface area is 65.4 Å². The van der Waals surface area contributed by atoms with E-state index in [0.29, 0.717) is 0 Å². The van der Waals surface area contributed by atoms with E-state index in [9.17, 15) is 0 Å². The van der Waals surface area contributed by atoms with Gasteiger partial charge in [0.25, 0.3) is 0 Å². The summed E-state index contributed by atoms with van der Waals surface area (Å²) >= 11 is 0. The molecular weight excluding hydrogens is 124 g/mol. The quantitative estimate of drug-likeness (QED) is 0.583. The lowest BCUT2D eigenvalue weighted by atomic mass is 10.4. The third-order valence-electron chi connectivity index (χ3n) is 1.12. The molecular formula is C8H22N2. The van der Waals surface area contributed by atoms with Crippen LogP contribution in [-0.2, 0) is 0 Å². The molecule has 0 unspecified atom stereocenters. The standard InChI is InChI=1S/C4H12N2.C4H10/c1-5-3-4-6-2;1-3-4-2/h5-6H,3-4H2,1-2H3;3-4H2,1-2H3. The first-order chi connectivity index (χ1) is 4.83. The van der Waals surface area contributed by atoms with Crippen molar-refractivity contribution >= 4 is 0 Å².